The average molecular weight is 295 g/mol. The molecule has 0 radical (unpaired) electrons. The van der Waals surface area contributed by atoms with E-state index in [9.17, 15) is 4.79 Å². The van der Waals surface area contributed by atoms with E-state index in [-0.39, 0.29) is 5.97 Å². The van der Waals surface area contributed by atoms with E-state index in [2.05, 4.69) is 46.0 Å². The molecule has 0 fully saturated rings. The number of benzene rings is 2. The SMILES string of the molecule is COC(=O)/C=C(\C)c1cccc(-c2cccc(N(C)C)c2)c1. The van der Waals surface area contributed by atoms with Gasteiger partial charge >= 0.3 is 5.97 Å². The molecule has 2 aromatic rings. The normalized spacial score (nSPS) is 11.2. The van der Waals surface area contributed by atoms with Crippen LogP contribution in [0.15, 0.2) is 54.6 Å². The molecular formula is C19H21NO2. The van der Waals surface area contributed by atoms with Gasteiger partial charge in [-0.3, -0.25) is 0 Å². The lowest BCUT2D eigenvalue weighted by Crippen LogP contribution is -2.08. The van der Waals surface area contributed by atoms with Gasteiger partial charge in [0, 0.05) is 25.9 Å². The van der Waals surface area contributed by atoms with Crippen molar-refractivity contribution in [3.63, 3.8) is 0 Å². The molecule has 3 heteroatoms. The molecule has 2 aromatic carbocycles. The van der Waals surface area contributed by atoms with Crippen LogP contribution < -0.4 is 4.90 Å². The zero-order valence-corrected chi connectivity index (χ0v) is 13.5. The second-order valence-corrected chi connectivity index (χ2v) is 5.38. The number of hydrogen-bond acceptors (Lipinski definition) is 3. The van der Waals surface area contributed by atoms with Crippen molar-refractivity contribution < 1.29 is 9.53 Å². The predicted molar refractivity (Wildman–Crippen MR) is 91.9 cm³/mol. The van der Waals surface area contributed by atoms with Gasteiger partial charge < -0.3 is 9.64 Å². The summed E-state index contributed by atoms with van der Waals surface area (Å²) < 4.78 is 4.68. The maximum absolute atomic E-state index is 11.4. The van der Waals surface area contributed by atoms with E-state index in [1.807, 2.05) is 33.2 Å². The predicted octanol–water partition coefficient (Wildman–Crippen LogP) is 4.00. The third-order valence-electron chi connectivity index (χ3n) is 3.55. The highest BCUT2D eigenvalue weighted by atomic mass is 16.5. The molecule has 0 atom stereocenters. The first kappa shape index (κ1) is 15.8. The molecule has 0 aliphatic carbocycles. The van der Waals surface area contributed by atoms with Crippen LogP contribution in [0.2, 0.25) is 0 Å². The number of carbonyl (C=O) groups excluding carboxylic acids is 1. The number of methoxy groups -OCH3 is 1. The number of carbonyl (C=O) groups is 1. The first-order valence-corrected chi connectivity index (χ1v) is 7.15. The summed E-state index contributed by atoms with van der Waals surface area (Å²) >= 11 is 0. The Balaban J connectivity index is 2.38. The Morgan fingerprint density at radius 2 is 1.68 bits per heavy atom. The summed E-state index contributed by atoms with van der Waals surface area (Å²) in [6.45, 7) is 1.91. The second kappa shape index (κ2) is 6.94. The summed E-state index contributed by atoms with van der Waals surface area (Å²) in [6, 6.07) is 16.5. The van der Waals surface area contributed by atoms with Crippen molar-refractivity contribution in [3.8, 4) is 11.1 Å². The van der Waals surface area contributed by atoms with Crippen molar-refractivity contribution in [2.24, 2.45) is 0 Å². The molecule has 114 valence electrons. The van der Waals surface area contributed by atoms with Crippen molar-refractivity contribution in [1.29, 1.82) is 0 Å². The van der Waals surface area contributed by atoms with E-state index < -0.39 is 0 Å². The van der Waals surface area contributed by atoms with Crippen molar-refractivity contribution in [2.45, 2.75) is 6.92 Å². The van der Waals surface area contributed by atoms with Crippen molar-refractivity contribution in [1.82, 2.24) is 0 Å². The molecule has 3 nitrogen and oxygen atoms in total. The Labute approximate surface area is 131 Å². The third-order valence-corrected chi connectivity index (χ3v) is 3.55. The Hall–Kier alpha value is -2.55. The monoisotopic (exact) mass is 295 g/mol. The van der Waals surface area contributed by atoms with Gasteiger partial charge in [0.1, 0.15) is 0 Å². The van der Waals surface area contributed by atoms with Gasteiger partial charge in [0.2, 0.25) is 0 Å². The quantitative estimate of drug-likeness (QED) is 0.631. The minimum atomic E-state index is -0.336. The molecule has 2 rings (SSSR count). The summed E-state index contributed by atoms with van der Waals surface area (Å²) in [5, 5.41) is 0. The van der Waals surface area contributed by atoms with E-state index in [0.717, 1.165) is 28.0 Å². The largest absolute Gasteiger partial charge is 0.466 e. The molecule has 0 saturated carbocycles. The maximum Gasteiger partial charge on any atom is 0.330 e. The standard InChI is InChI=1S/C19H21NO2/c1-14(11-19(21)22-4)15-7-5-8-16(12-15)17-9-6-10-18(13-17)20(2)3/h5-13H,1-4H3/b14-11+. The van der Waals surface area contributed by atoms with E-state index >= 15 is 0 Å². The molecule has 0 aliphatic rings. The molecule has 0 heterocycles. The van der Waals surface area contributed by atoms with Gasteiger partial charge in [-0.25, -0.2) is 4.79 Å². The number of hydrogen-bond donors (Lipinski definition) is 0. The van der Waals surface area contributed by atoms with Crippen LogP contribution in [-0.4, -0.2) is 27.2 Å². The van der Waals surface area contributed by atoms with Gasteiger partial charge in [0.25, 0.3) is 0 Å². The summed E-state index contributed by atoms with van der Waals surface area (Å²) in [4.78, 5) is 13.4. The average Bonchev–Trinajstić information content (AvgIpc) is 2.54. The zero-order valence-electron chi connectivity index (χ0n) is 13.5. The fraction of sp³-hybridized carbons (Fsp3) is 0.211. The molecule has 0 saturated heterocycles. The van der Waals surface area contributed by atoms with Crippen LogP contribution in [0.25, 0.3) is 16.7 Å². The number of rotatable bonds is 4. The van der Waals surface area contributed by atoms with Crippen molar-refractivity contribution >= 4 is 17.2 Å². The number of allylic oxidation sites excluding steroid dienone is 1. The number of nitrogens with zero attached hydrogens (tertiary/aromatic N) is 1. The van der Waals surface area contributed by atoms with Gasteiger partial charge in [-0.05, 0) is 47.4 Å². The van der Waals surface area contributed by atoms with Gasteiger partial charge in [0.15, 0.2) is 0 Å². The minimum absolute atomic E-state index is 0.336. The lowest BCUT2D eigenvalue weighted by atomic mass is 9.99. The Kier molecular flexibility index (Phi) is 4.99. The Morgan fingerprint density at radius 3 is 2.32 bits per heavy atom. The highest BCUT2D eigenvalue weighted by Crippen LogP contribution is 2.26. The summed E-state index contributed by atoms with van der Waals surface area (Å²) in [5.74, 6) is -0.336. The Morgan fingerprint density at radius 1 is 1.05 bits per heavy atom. The number of anilines is 1. The highest BCUT2D eigenvalue weighted by molar-refractivity contribution is 5.91. The third kappa shape index (κ3) is 3.76. The van der Waals surface area contributed by atoms with Crippen LogP contribution in [0.4, 0.5) is 5.69 Å². The fourth-order valence-corrected chi connectivity index (χ4v) is 2.23. The Bertz CT molecular complexity index is 702. The molecular weight excluding hydrogens is 274 g/mol. The molecule has 0 N–H and O–H groups in total. The molecule has 0 aromatic heterocycles. The lowest BCUT2D eigenvalue weighted by Gasteiger charge is -2.14. The first-order chi connectivity index (χ1) is 10.5. The maximum atomic E-state index is 11.4. The summed E-state index contributed by atoms with van der Waals surface area (Å²) in [6.07, 6.45) is 1.51. The molecule has 0 aliphatic heterocycles. The van der Waals surface area contributed by atoms with E-state index in [0.29, 0.717) is 0 Å². The fourth-order valence-electron chi connectivity index (χ4n) is 2.23. The number of ether oxygens (including phenoxy) is 1. The van der Waals surface area contributed by atoms with E-state index in [1.165, 1.54) is 13.2 Å². The first-order valence-electron chi connectivity index (χ1n) is 7.15. The smallest absolute Gasteiger partial charge is 0.330 e. The molecule has 0 amide bonds. The van der Waals surface area contributed by atoms with E-state index in [4.69, 9.17) is 0 Å². The molecule has 0 spiro atoms. The lowest BCUT2D eigenvalue weighted by molar-refractivity contribution is -0.134. The molecule has 0 bridgehead atoms. The molecule has 22 heavy (non-hydrogen) atoms. The summed E-state index contributed by atoms with van der Waals surface area (Å²) in [5.41, 5.74) is 5.33. The van der Waals surface area contributed by atoms with Crippen LogP contribution in [-0.2, 0) is 9.53 Å². The van der Waals surface area contributed by atoms with Crippen molar-refractivity contribution in [3.05, 3.63) is 60.2 Å². The number of esters is 1. The summed E-state index contributed by atoms with van der Waals surface area (Å²) in [7, 11) is 5.44. The van der Waals surface area contributed by atoms with Crippen LogP contribution >= 0.6 is 0 Å². The minimum Gasteiger partial charge on any atom is -0.466 e. The van der Waals surface area contributed by atoms with Crippen LogP contribution in [0.1, 0.15) is 12.5 Å². The zero-order chi connectivity index (χ0) is 16.1. The van der Waals surface area contributed by atoms with Gasteiger partial charge in [0.05, 0.1) is 7.11 Å². The second-order valence-electron chi connectivity index (χ2n) is 5.38. The van der Waals surface area contributed by atoms with Crippen LogP contribution in [0.5, 0.6) is 0 Å². The van der Waals surface area contributed by atoms with Crippen molar-refractivity contribution in [2.75, 3.05) is 26.1 Å². The van der Waals surface area contributed by atoms with Gasteiger partial charge in [-0.1, -0.05) is 30.3 Å². The topological polar surface area (TPSA) is 29.5 Å². The van der Waals surface area contributed by atoms with Gasteiger partial charge in [-0.15, -0.1) is 0 Å². The van der Waals surface area contributed by atoms with Gasteiger partial charge in [-0.2, -0.15) is 0 Å². The van der Waals surface area contributed by atoms with Crippen LogP contribution in [0, 0.1) is 0 Å². The van der Waals surface area contributed by atoms with E-state index in [1.54, 1.807) is 0 Å². The highest BCUT2D eigenvalue weighted by Gasteiger charge is 2.04. The van der Waals surface area contributed by atoms with Crippen LogP contribution in [0.3, 0.4) is 0 Å². The molecule has 0 unspecified atom stereocenters.